The van der Waals surface area contributed by atoms with Gasteiger partial charge in [0.25, 0.3) is 0 Å². The Morgan fingerprint density at radius 3 is 2.12 bits per heavy atom. The van der Waals surface area contributed by atoms with Crippen LogP contribution in [0, 0.1) is 0 Å². The molecule has 1 aromatic rings. The number of phosphoric ester groups is 2. The normalized spacial score (nSPS) is 26.7. The Hall–Kier alpha value is -0.290. The van der Waals surface area contributed by atoms with Gasteiger partial charge in [0.05, 0.1) is 13.2 Å². The molecular formula is C12H16O10P2S. The quantitative estimate of drug-likeness (QED) is 0.258. The molecule has 0 bridgehead atoms. The first-order valence-electron chi connectivity index (χ1n) is 7.06. The SMILES string of the molecule is O=P(O)(O)OC(SC(OP(=O)(O)O)(c1ccccc1)C1CO1)C1CO1. The Morgan fingerprint density at radius 1 is 1.08 bits per heavy atom. The van der Waals surface area contributed by atoms with E-state index in [1.807, 2.05) is 0 Å². The third-order valence-electron chi connectivity index (χ3n) is 3.38. The highest BCUT2D eigenvalue weighted by atomic mass is 32.2. The van der Waals surface area contributed by atoms with Crippen molar-refractivity contribution in [1.29, 1.82) is 0 Å². The van der Waals surface area contributed by atoms with Gasteiger partial charge in [0.1, 0.15) is 17.6 Å². The molecule has 0 saturated carbocycles. The average Bonchev–Trinajstić information content (AvgIpc) is 3.37. The Kier molecular flexibility index (Phi) is 5.47. The first-order valence-corrected chi connectivity index (χ1v) is 11.0. The maximum Gasteiger partial charge on any atom is 0.471 e. The summed E-state index contributed by atoms with van der Waals surface area (Å²) in [5.74, 6) is 0. The van der Waals surface area contributed by atoms with E-state index in [0.29, 0.717) is 17.3 Å². The fourth-order valence-corrected chi connectivity index (χ4v) is 5.43. The maximum absolute atomic E-state index is 11.6. The minimum Gasteiger partial charge on any atom is -0.369 e. The van der Waals surface area contributed by atoms with Crippen molar-refractivity contribution in [3.63, 3.8) is 0 Å². The van der Waals surface area contributed by atoms with Crippen molar-refractivity contribution in [1.82, 2.24) is 0 Å². The number of ether oxygens (including phenoxy) is 2. The van der Waals surface area contributed by atoms with Crippen LogP contribution in [0.4, 0.5) is 0 Å². The van der Waals surface area contributed by atoms with Crippen LogP contribution in [0.15, 0.2) is 30.3 Å². The lowest BCUT2D eigenvalue weighted by molar-refractivity contribution is 0.0759. The van der Waals surface area contributed by atoms with Crippen LogP contribution in [0.3, 0.4) is 0 Å². The third-order valence-corrected chi connectivity index (χ3v) is 6.24. The van der Waals surface area contributed by atoms with Crippen molar-refractivity contribution in [2.45, 2.75) is 22.6 Å². The zero-order chi connectivity index (χ0) is 18.3. The van der Waals surface area contributed by atoms with E-state index in [1.165, 1.54) is 0 Å². The summed E-state index contributed by atoms with van der Waals surface area (Å²) in [6.45, 7) is 0.361. The molecule has 140 valence electrons. The summed E-state index contributed by atoms with van der Waals surface area (Å²) < 4.78 is 42.9. The molecule has 0 aromatic heterocycles. The molecule has 0 amide bonds. The molecule has 10 nitrogen and oxygen atoms in total. The van der Waals surface area contributed by atoms with Gasteiger partial charge in [0.15, 0.2) is 4.93 Å². The highest BCUT2D eigenvalue weighted by Crippen LogP contribution is 2.59. The topological polar surface area (TPSA) is 159 Å². The Labute approximate surface area is 146 Å². The van der Waals surface area contributed by atoms with Crippen LogP contribution in [-0.4, -0.2) is 50.4 Å². The zero-order valence-electron chi connectivity index (χ0n) is 12.6. The first-order chi connectivity index (χ1) is 11.6. The fourth-order valence-electron chi connectivity index (χ4n) is 2.26. The van der Waals surface area contributed by atoms with E-state index < -0.39 is 38.2 Å². The van der Waals surface area contributed by atoms with Gasteiger partial charge in [-0.05, 0) is 5.56 Å². The molecule has 2 fully saturated rings. The minimum absolute atomic E-state index is 0.163. The molecule has 1 aromatic carbocycles. The lowest BCUT2D eigenvalue weighted by atomic mass is 10.1. The third kappa shape index (κ3) is 5.35. The smallest absolute Gasteiger partial charge is 0.369 e. The van der Waals surface area contributed by atoms with E-state index >= 15 is 0 Å². The van der Waals surface area contributed by atoms with Crippen LogP contribution in [-0.2, 0) is 32.6 Å². The van der Waals surface area contributed by atoms with E-state index in [9.17, 15) is 18.9 Å². The first kappa shape index (κ1) is 19.5. The molecule has 25 heavy (non-hydrogen) atoms. The second-order valence-corrected chi connectivity index (χ2v) is 9.05. The summed E-state index contributed by atoms with van der Waals surface area (Å²) in [6.07, 6.45) is -1.37. The largest absolute Gasteiger partial charge is 0.471 e. The molecule has 3 rings (SSSR count). The van der Waals surface area contributed by atoms with Crippen molar-refractivity contribution in [2.75, 3.05) is 13.2 Å². The van der Waals surface area contributed by atoms with Gasteiger partial charge in [-0.2, -0.15) is 0 Å². The van der Waals surface area contributed by atoms with Gasteiger partial charge in [-0.25, -0.2) is 9.13 Å². The van der Waals surface area contributed by atoms with Gasteiger partial charge in [0.2, 0.25) is 0 Å². The van der Waals surface area contributed by atoms with Gasteiger partial charge >= 0.3 is 15.6 Å². The summed E-state index contributed by atoms with van der Waals surface area (Å²) in [5, 5.41) is 0. The fraction of sp³-hybridized carbons (Fsp3) is 0.500. The molecule has 4 N–H and O–H groups in total. The molecule has 0 radical (unpaired) electrons. The highest BCUT2D eigenvalue weighted by Gasteiger charge is 2.57. The number of phosphoric acid groups is 2. The number of hydrogen-bond acceptors (Lipinski definition) is 7. The summed E-state index contributed by atoms with van der Waals surface area (Å²) in [7, 11) is -9.84. The molecule has 2 aliphatic rings. The van der Waals surface area contributed by atoms with Gasteiger partial charge in [0, 0.05) is 0 Å². The second-order valence-electron chi connectivity index (χ2n) is 5.39. The van der Waals surface area contributed by atoms with Crippen LogP contribution in [0.25, 0.3) is 0 Å². The number of epoxide rings is 2. The van der Waals surface area contributed by atoms with Gasteiger partial charge in [-0.1, -0.05) is 42.1 Å². The van der Waals surface area contributed by atoms with Crippen molar-refractivity contribution in [2.24, 2.45) is 0 Å². The summed E-state index contributed by atoms with van der Waals surface area (Å²) in [5.41, 5.74) is -0.845. The van der Waals surface area contributed by atoms with Crippen LogP contribution in [0.2, 0.25) is 0 Å². The van der Waals surface area contributed by atoms with Crippen LogP contribution < -0.4 is 0 Å². The van der Waals surface area contributed by atoms with Gasteiger partial charge in [-0.3, -0.25) is 9.05 Å². The van der Waals surface area contributed by atoms with Crippen LogP contribution in [0.1, 0.15) is 5.56 Å². The van der Waals surface area contributed by atoms with E-state index in [-0.39, 0.29) is 13.2 Å². The number of benzene rings is 1. The Balaban J connectivity index is 1.97. The number of thioether (sulfide) groups is 1. The molecule has 4 atom stereocenters. The van der Waals surface area contributed by atoms with E-state index in [2.05, 4.69) is 0 Å². The predicted molar refractivity (Wildman–Crippen MR) is 85.2 cm³/mol. The molecule has 0 spiro atoms. The molecular weight excluding hydrogens is 398 g/mol. The van der Waals surface area contributed by atoms with Crippen molar-refractivity contribution in [3.8, 4) is 0 Å². The molecule has 4 unspecified atom stereocenters. The van der Waals surface area contributed by atoms with Crippen LogP contribution in [0.5, 0.6) is 0 Å². The Bertz CT molecular complexity index is 697. The molecule has 2 heterocycles. The standard InChI is InChI=1S/C12H16O10P2S/c13-23(14,15)21-11(9-6-19-9)25-12(10-7-20-10,22-24(16,17)18)8-4-2-1-3-5-8/h1-5,9-11H,6-7H2,(H2,13,14,15)(H2,16,17,18). The monoisotopic (exact) mass is 414 g/mol. The van der Waals surface area contributed by atoms with Gasteiger partial charge < -0.3 is 29.0 Å². The minimum atomic E-state index is -4.98. The van der Waals surface area contributed by atoms with Gasteiger partial charge in [-0.15, -0.1) is 0 Å². The van der Waals surface area contributed by atoms with Crippen molar-refractivity contribution < 1.29 is 47.2 Å². The second kappa shape index (κ2) is 7.03. The van der Waals surface area contributed by atoms with E-state index in [0.717, 1.165) is 0 Å². The lowest BCUT2D eigenvalue weighted by Gasteiger charge is -2.34. The van der Waals surface area contributed by atoms with E-state index in [4.69, 9.17) is 28.3 Å². The predicted octanol–water partition coefficient (Wildman–Crippen LogP) is 0.915. The molecule has 13 heteroatoms. The maximum atomic E-state index is 11.6. The zero-order valence-corrected chi connectivity index (χ0v) is 15.2. The van der Waals surface area contributed by atoms with E-state index in [1.54, 1.807) is 30.3 Å². The molecule has 2 saturated heterocycles. The lowest BCUT2D eigenvalue weighted by Crippen LogP contribution is -2.35. The summed E-state index contributed by atoms with van der Waals surface area (Å²) in [6, 6.07) is 8.14. The van der Waals surface area contributed by atoms with Crippen molar-refractivity contribution >= 4 is 27.4 Å². The highest BCUT2D eigenvalue weighted by molar-refractivity contribution is 8.00. The number of rotatable bonds is 9. The molecule has 2 aliphatic heterocycles. The Morgan fingerprint density at radius 2 is 1.68 bits per heavy atom. The number of hydrogen-bond donors (Lipinski definition) is 4. The van der Waals surface area contributed by atoms with Crippen LogP contribution >= 0.6 is 27.4 Å². The average molecular weight is 414 g/mol. The van der Waals surface area contributed by atoms with Crippen molar-refractivity contribution in [3.05, 3.63) is 35.9 Å². The summed E-state index contributed by atoms with van der Waals surface area (Å²) >= 11 is 0.706. The molecule has 0 aliphatic carbocycles. The summed E-state index contributed by atoms with van der Waals surface area (Å²) in [4.78, 5) is 35.3.